The van der Waals surface area contributed by atoms with Crippen LogP contribution in [-0.4, -0.2) is 25.2 Å². The number of rotatable bonds is 1. The van der Waals surface area contributed by atoms with Crippen LogP contribution in [0.2, 0.25) is 0 Å². The van der Waals surface area contributed by atoms with Crippen LogP contribution >= 0.6 is 0 Å². The van der Waals surface area contributed by atoms with Gasteiger partial charge in [-0.15, -0.1) is 0 Å². The van der Waals surface area contributed by atoms with Crippen molar-refractivity contribution in [2.75, 3.05) is 13.2 Å². The van der Waals surface area contributed by atoms with Crippen LogP contribution in [0.3, 0.4) is 0 Å². The number of hydrogen-bond donors (Lipinski definition) is 1. The molecule has 0 aromatic heterocycles. The first-order chi connectivity index (χ1) is 5.36. The zero-order chi connectivity index (χ0) is 7.68. The number of ether oxygens (including phenoxy) is 1. The fraction of sp³-hybridized carbons (Fsp3) is 0.875. The van der Waals surface area contributed by atoms with Crippen LogP contribution in [0.5, 0.6) is 0 Å². The maximum Gasteiger partial charge on any atom is 0.246 e. The molecule has 0 bridgehead atoms. The highest BCUT2D eigenvalue weighted by Crippen LogP contribution is 2.30. The van der Waals surface area contributed by atoms with Gasteiger partial charge in [0.05, 0.1) is 12.6 Å². The van der Waals surface area contributed by atoms with Crippen molar-refractivity contribution < 1.29 is 9.53 Å². The van der Waals surface area contributed by atoms with Crippen LogP contribution in [0.1, 0.15) is 19.3 Å². The average Bonchev–Trinajstić information content (AvgIpc) is 1.83. The van der Waals surface area contributed by atoms with E-state index in [-0.39, 0.29) is 12.5 Å². The minimum Gasteiger partial charge on any atom is -0.370 e. The van der Waals surface area contributed by atoms with Crippen LogP contribution in [-0.2, 0) is 9.53 Å². The van der Waals surface area contributed by atoms with Gasteiger partial charge in [0.15, 0.2) is 0 Å². The predicted octanol–water partition coefficient (Wildman–Crippen LogP) is 0.301. The molecule has 0 aromatic carbocycles. The van der Waals surface area contributed by atoms with Crippen LogP contribution in [0.25, 0.3) is 0 Å². The normalized spacial score (nSPS) is 32.7. The van der Waals surface area contributed by atoms with E-state index in [1.54, 1.807) is 0 Å². The molecular formula is C8H13NO2. The van der Waals surface area contributed by atoms with Gasteiger partial charge in [-0.3, -0.25) is 4.79 Å². The van der Waals surface area contributed by atoms with Crippen molar-refractivity contribution in [2.45, 2.75) is 25.3 Å². The Labute approximate surface area is 66.1 Å². The van der Waals surface area contributed by atoms with Gasteiger partial charge >= 0.3 is 0 Å². The van der Waals surface area contributed by atoms with Crippen molar-refractivity contribution in [3.63, 3.8) is 0 Å². The quantitative estimate of drug-likeness (QED) is 0.591. The molecule has 0 aromatic rings. The first kappa shape index (κ1) is 7.10. The van der Waals surface area contributed by atoms with E-state index in [4.69, 9.17) is 4.74 Å². The molecule has 0 radical (unpaired) electrons. The summed E-state index contributed by atoms with van der Waals surface area (Å²) in [5.74, 6) is 0.743. The summed E-state index contributed by atoms with van der Waals surface area (Å²) < 4.78 is 5.14. The van der Waals surface area contributed by atoms with Gasteiger partial charge in [-0.1, -0.05) is 6.42 Å². The molecular weight excluding hydrogens is 142 g/mol. The number of hydrogen-bond acceptors (Lipinski definition) is 2. The maximum atomic E-state index is 10.9. The Bertz CT molecular complexity index is 165. The Balaban J connectivity index is 1.87. The first-order valence-corrected chi connectivity index (χ1v) is 4.23. The van der Waals surface area contributed by atoms with Gasteiger partial charge in [-0.2, -0.15) is 0 Å². The SMILES string of the molecule is O=C1COC[C@H](C2CCC2)N1. The Morgan fingerprint density at radius 1 is 1.45 bits per heavy atom. The number of morpholine rings is 1. The van der Waals surface area contributed by atoms with Gasteiger partial charge in [0, 0.05) is 0 Å². The highest BCUT2D eigenvalue weighted by atomic mass is 16.5. The van der Waals surface area contributed by atoms with Gasteiger partial charge in [0.2, 0.25) is 5.91 Å². The van der Waals surface area contributed by atoms with Crippen LogP contribution in [0, 0.1) is 5.92 Å². The molecule has 0 spiro atoms. The summed E-state index contributed by atoms with van der Waals surface area (Å²) in [5, 5.41) is 2.95. The molecule has 2 rings (SSSR count). The third kappa shape index (κ3) is 1.38. The lowest BCUT2D eigenvalue weighted by atomic mass is 9.80. The minimum atomic E-state index is 0.0492. The second kappa shape index (κ2) is 2.81. The molecule has 3 heteroatoms. The van der Waals surface area contributed by atoms with Crippen molar-refractivity contribution in [3.8, 4) is 0 Å². The summed E-state index contributed by atoms with van der Waals surface area (Å²) in [7, 11) is 0. The number of amides is 1. The molecule has 1 saturated carbocycles. The van der Waals surface area contributed by atoms with Gasteiger partial charge < -0.3 is 10.1 Å². The lowest BCUT2D eigenvalue weighted by Crippen LogP contribution is -2.51. The zero-order valence-corrected chi connectivity index (χ0v) is 6.51. The molecule has 1 N–H and O–H groups in total. The van der Waals surface area contributed by atoms with E-state index in [1.165, 1.54) is 19.3 Å². The Hall–Kier alpha value is -0.570. The Morgan fingerprint density at radius 2 is 2.27 bits per heavy atom. The van der Waals surface area contributed by atoms with Crippen LogP contribution in [0.4, 0.5) is 0 Å². The average molecular weight is 155 g/mol. The monoisotopic (exact) mass is 155 g/mol. The zero-order valence-electron chi connectivity index (χ0n) is 6.51. The standard InChI is InChI=1S/C8H13NO2/c10-8-5-11-4-7(9-8)6-2-1-3-6/h6-7H,1-5H2,(H,9,10)/t7-/m1/s1. The Kier molecular flexibility index (Phi) is 1.82. The number of nitrogens with one attached hydrogen (secondary N) is 1. The van der Waals surface area contributed by atoms with E-state index in [1.807, 2.05) is 0 Å². The molecule has 2 aliphatic rings. The third-order valence-electron chi connectivity index (χ3n) is 2.60. The summed E-state index contributed by atoms with van der Waals surface area (Å²) in [6.45, 7) is 0.972. The van der Waals surface area contributed by atoms with Gasteiger partial charge in [0.25, 0.3) is 0 Å². The molecule has 1 amide bonds. The molecule has 2 fully saturated rings. The van der Waals surface area contributed by atoms with Crippen molar-refractivity contribution in [2.24, 2.45) is 5.92 Å². The topological polar surface area (TPSA) is 38.3 Å². The minimum absolute atomic E-state index is 0.0492. The van der Waals surface area contributed by atoms with E-state index in [0.29, 0.717) is 12.0 Å². The van der Waals surface area contributed by atoms with E-state index in [2.05, 4.69) is 5.32 Å². The molecule has 1 saturated heterocycles. The van der Waals surface area contributed by atoms with Gasteiger partial charge in [0.1, 0.15) is 6.61 Å². The highest BCUT2D eigenvalue weighted by Gasteiger charge is 2.30. The largest absolute Gasteiger partial charge is 0.370 e. The predicted molar refractivity (Wildman–Crippen MR) is 40.1 cm³/mol. The maximum absolute atomic E-state index is 10.9. The van der Waals surface area contributed by atoms with Crippen molar-refractivity contribution >= 4 is 5.91 Å². The van der Waals surface area contributed by atoms with Crippen molar-refractivity contribution in [3.05, 3.63) is 0 Å². The summed E-state index contributed by atoms with van der Waals surface area (Å²) in [4.78, 5) is 10.9. The molecule has 1 atom stereocenters. The fourth-order valence-electron chi connectivity index (χ4n) is 1.66. The van der Waals surface area contributed by atoms with Crippen LogP contribution in [0.15, 0.2) is 0 Å². The second-order valence-electron chi connectivity index (χ2n) is 3.38. The van der Waals surface area contributed by atoms with Crippen molar-refractivity contribution in [1.82, 2.24) is 5.32 Å². The number of carbonyl (C=O) groups is 1. The first-order valence-electron chi connectivity index (χ1n) is 4.23. The fourth-order valence-corrected chi connectivity index (χ4v) is 1.66. The highest BCUT2D eigenvalue weighted by molar-refractivity contribution is 5.78. The molecule has 1 aliphatic heterocycles. The Morgan fingerprint density at radius 3 is 2.82 bits per heavy atom. The van der Waals surface area contributed by atoms with Crippen molar-refractivity contribution in [1.29, 1.82) is 0 Å². The molecule has 1 aliphatic carbocycles. The van der Waals surface area contributed by atoms with E-state index >= 15 is 0 Å². The number of carbonyl (C=O) groups excluding carboxylic acids is 1. The molecule has 62 valence electrons. The summed E-state index contributed by atoms with van der Waals surface area (Å²) >= 11 is 0. The van der Waals surface area contributed by atoms with Gasteiger partial charge in [-0.05, 0) is 18.8 Å². The molecule has 11 heavy (non-hydrogen) atoms. The van der Waals surface area contributed by atoms with E-state index in [9.17, 15) is 4.79 Å². The molecule has 3 nitrogen and oxygen atoms in total. The second-order valence-corrected chi connectivity index (χ2v) is 3.38. The summed E-state index contributed by atoms with van der Waals surface area (Å²) in [5.41, 5.74) is 0. The van der Waals surface area contributed by atoms with E-state index < -0.39 is 0 Å². The van der Waals surface area contributed by atoms with E-state index in [0.717, 1.165) is 6.61 Å². The lowest BCUT2D eigenvalue weighted by molar-refractivity contribution is -0.133. The smallest absolute Gasteiger partial charge is 0.246 e. The summed E-state index contributed by atoms with van der Waals surface area (Å²) in [6.07, 6.45) is 3.83. The molecule has 0 unspecified atom stereocenters. The van der Waals surface area contributed by atoms with Gasteiger partial charge in [-0.25, -0.2) is 0 Å². The summed E-state index contributed by atoms with van der Waals surface area (Å²) in [6, 6.07) is 0.310. The molecule has 1 heterocycles. The van der Waals surface area contributed by atoms with Crippen LogP contribution < -0.4 is 5.32 Å². The third-order valence-corrected chi connectivity index (χ3v) is 2.60. The lowest BCUT2D eigenvalue weighted by Gasteiger charge is -2.36.